The number of nitrogens with zero attached hydrogens (tertiary/aromatic N) is 1. The molecule has 0 saturated carbocycles. The van der Waals surface area contributed by atoms with Gasteiger partial charge in [0.2, 0.25) is 5.91 Å². The summed E-state index contributed by atoms with van der Waals surface area (Å²) in [6.07, 6.45) is 0.456. The smallest absolute Gasteiger partial charge is 0.222 e. The van der Waals surface area contributed by atoms with Crippen LogP contribution in [0.1, 0.15) is 12.0 Å². The van der Waals surface area contributed by atoms with Crippen LogP contribution in [0.15, 0.2) is 22.7 Å². The fraction of sp³-hybridized carbons (Fsp3) is 0.273. The molecule has 1 aromatic rings. The average Bonchev–Trinajstić information content (AvgIpc) is 2.64. The van der Waals surface area contributed by atoms with Gasteiger partial charge in [0.15, 0.2) is 0 Å². The SMILES string of the molecule is N#Cc1ccc(Br)cc1NC1CNC(=O)C1. The molecular weight excluding hydrogens is 270 g/mol. The molecule has 1 amide bonds. The number of halogens is 1. The van der Waals surface area contributed by atoms with E-state index in [0.29, 0.717) is 18.5 Å². The first-order valence-corrected chi connectivity index (χ1v) is 5.71. The van der Waals surface area contributed by atoms with Gasteiger partial charge < -0.3 is 10.6 Å². The minimum absolute atomic E-state index is 0.0472. The normalized spacial score (nSPS) is 19.0. The van der Waals surface area contributed by atoms with Crippen LogP contribution < -0.4 is 10.6 Å². The second-order valence-corrected chi connectivity index (χ2v) is 4.57. The second kappa shape index (κ2) is 4.54. The zero-order chi connectivity index (χ0) is 11.5. The maximum Gasteiger partial charge on any atom is 0.222 e. The largest absolute Gasteiger partial charge is 0.379 e. The van der Waals surface area contributed by atoms with E-state index in [4.69, 9.17) is 5.26 Å². The summed E-state index contributed by atoms with van der Waals surface area (Å²) in [5.74, 6) is 0.0472. The zero-order valence-electron chi connectivity index (χ0n) is 8.46. The Bertz CT molecular complexity index is 467. The molecule has 16 heavy (non-hydrogen) atoms. The van der Waals surface area contributed by atoms with Crippen molar-refractivity contribution in [1.82, 2.24) is 5.32 Å². The Balaban J connectivity index is 2.17. The van der Waals surface area contributed by atoms with Crippen molar-refractivity contribution in [2.45, 2.75) is 12.5 Å². The highest BCUT2D eigenvalue weighted by molar-refractivity contribution is 9.10. The number of carbonyl (C=O) groups excluding carboxylic acids is 1. The molecule has 1 unspecified atom stereocenters. The molecule has 2 N–H and O–H groups in total. The van der Waals surface area contributed by atoms with Gasteiger partial charge in [-0.25, -0.2) is 0 Å². The van der Waals surface area contributed by atoms with Crippen LogP contribution >= 0.6 is 15.9 Å². The third-order valence-electron chi connectivity index (χ3n) is 2.44. The summed E-state index contributed by atoms with van der Waals surface area (Å²) in [6, 6.07) is 7.60. The predicted molar refractivity (Wildman–Crippen MR) is 63.9 cm³/mol. The van der Waals surface area contributed by atoms with Crippen molar-refractivity contribution in [1.29, 1.82) is 5.26 Å². The van der Waals surface area contributed by atoms with Crippen LogP contribution in [-0.2, 0) is 4.79 Å². The highest BCUT2D eigenvalue weighted by Gasteiger charge is 2.21. The van der Waals surface area contributed by atoms with Crippen molar-refractivity contribution in [2.24, 2.45) is 0 Å². The molecule has 82 valence electrons. The molecule has 0 aliphatic carbocycles. The molecule has 5 heteroatoms. The Morgan fingerprint density at radius 2 is 2.38 bits per heavy atom. The summed E-state index contributed by atoms with van der Waals surface area (Å²) in [5, 5.41) is 14.9. The van der Waals surface area contributed by atoms with Crippen molar-refractivity contribution in [3.05, 3.63) is 28.2 Å². The van der Waals surface area contributed by atoms with E-state index in [1.54, 1.807) is 6.07 Å². The number of hydrogen-bond donors (Lipinski definition) is 2. The molecule has 0 aromatic heterocycles. The van der Waals surface area contributed by atoms with Crippen LogP contribution in [0, 0.1) is 11.3 Å². The number of hydrogen-bond acceptors (Lipinski definition) is 3. The van der Waals surface area contributed by atoms with E-state index < -0.39 is 0 Å². The molecule has 0 spiro atoms. The highest BCUT2D eigenvalue weighted by Crippen LogP contribution is 2.22. The highest BCUT2D eigenvalue weighted by atomic mass is 79.9. The summed E-state index contributed by atoms with van der Waals surface area (Å²) in [6.45, 7) is 0.607. The van der Waals surface area contributed by atoms with Crippen molar-refractivity contribution >= 4 is 27.5 Å². The number of nitriles is 1. The van der Waals surface area contributed by atoms with Gasteiger partial charge in [0.1, 0.15) is 6.07 Å². The molecule has 4 nitrogen and oxygen atoms in total. The Morgan fingerprint density at radius 3 is 3.00 bits per heavy atom. The number of anilines is 1. The molecular formula is C11H10BrN3O. The maximum absolute atomic E-state index is 11.0. The summed E-state index contributed by atoms with van der Waals surface area (Å²) >= 11 is 3.35. The molecule has 0 bridgehead atoms. The third-order valence-corrected chi connectivity index (χ3v) is 2.93. The fourth-order valence-electron chi connectivity index (χ4n) is 1.66. The van der Waals surface area contributed by atoms with Gasteiger partial charge >= 0.3 is 0 Å². The van der Waals surface area contributed by atoms with Gasteiger partial charge in [0.05, 0.1) is 17.3 Å². The van der Waals surface area contributed by atoms with E-state index >= 15 is 0 Å². The first kappa shape index (κ1) is 11.0. The summed E-state index contributed by atoms with van der Waals surface area (Å²) in [4.78, 5) is 11.0. The second-order valence-electron chi connectivity index (χ2n) is 3.65. The topological polar surface area (TPSA) is 64.9 Å². The first-order chi connectivity index (χ1) is 7.69. The molecule has 1 atom stereocenters. The number of nitrogens with one attached hydrogen (secondary N) is 2. The first-order valence-electron chi connectivity index (χ1n) is 4.92. The van der Waals surface area contributed by atoms with E-state index in [1.165, 1.54) is 0 Å². The minimum atomic E-state index is 0.0472. The van der Waals surface area contributed by atoms with E-state index in [2.05, 4.69) is 32.6 Å². The number of amides is 1. The van der Waals surface area contributed by atoms with Gasteiger partial charge in [-0.2, -0.15) is 5.26 Å². The van der Waals surface area contributed by atoms with E-state index in [0.717, 1.165) is 10.2 Å². The van der Waals surface area contributed by atoms with Crippen LogP contribution in [0.2, 0.25) is 0 Å². The molecule has 2 rings (SSSR count). The van der Waals surface area contributed by atoms with Crippen LogP contribution in [-0.4, -0.2) is 18.5 Å². The van der Waals surface area contributed by atoms with Crippen LogP contribution in [0.25, 0.3) is 0 Å². The molecule has 1 aliphatic rings. The van der Waals surface area contributed by atoms with E-state index in [1.807, 2.05) is 12.1 Å². The number of carbonyl (C=O) groups is 1. The predicted octanol–water partition coefficient (Wildman–Crippen LogP) is 1.62. The summed E-state index contributed by atoms with van der Waals surface area (Å²) in [7, 11) is 0. The lowest BCUT2D eigenvalue weighted by Crippen LogP contribution is -2.22. The summed E-state index contributed by atoms with van der Waals surface area (Å²) < 4.78 is 0.909. The van der Waals surface area contributed by atoms with Crippen molar-refractivity contribution in [2.75, 3.05) is 11.9 Å². The Morgan fingerprint density at radius 1 is 1.56 bits per heavy atom. The molecule has 1 heterocycles. The third kappa shape index (κ3) is 2.34. The Kier molecular flexibility index (Phi) is 3.11. The van der Waals surface area contributed by atoms with Gasteiger partial charge in [-0.3, -0.25) is 4.79 Å². The van der Waals surface area contributed by atoms with Crippen LogP contribution in [0.3, 0.4) is 0 Å². The fourth-order valence-corrected chi connectivity index (χ4v) is 2.02. The average molecular weight is 280 g/mol. The number of benzene rings is 1. The van der Waals surface area contributed by atoms with Crippen molar-refractivity contribution < 1.29 is 4.79 Å². The van der Waals surface area contributed by atoms with E-state index in [9.17, 15) is 4.79 Å². The molecule has 1 fully saturated rings. The summed E-state index contributed by atoms with van der Waals surface area (Å²) in [5.41, 5.74) is 1.35. The lowest BCUT2D eigenvalue weighted by molar-refractivity contribution is -0.119. The molecule has 0 radical (unpaired) electrons. The van der Waals surface area contributed by atoms with Crippen molar-refractivity contribution in [3.8, 4) is 6.07 Å². The molecule has 1 aliphatic heterocycles. The minimum Gasteiger partial charge on any atom is -0.379 e. The quantitative estimate of drug-likeness (QED) is 0.865. The Hall–Kier alpha value is -1.54. The van der Waals surface area contributed by atoms with Crippen molar-refractivity contribution in [3.63, 3.8) is 0 Å². The van der Waals surface area contributed by atoms with Gasteiger partial charge in [-0.15, -0.1) is 0 Å². The van der Waals surface area contributed by atoms with Gasteiger partial charge in [0.25, 0.3) is 0 Å². The number of rotatable bonds is 2. The van der Waals surface area contributed by atoms with Crippen LogP contribution in [0.5, 0.6) is 0 Å². The van der Waals surface area contributed by atoms with Gasteiger partial charge in [-0.05, 0) is 18.2 Å². The lowest BCUT2D eigenvalue weighted by Gasteiger charge is -2.13. The maximum atomic E-state index is 11.0. The lowest BCUT2D eigenvalue weighted by atomic mass is 10.1. The molecule has 1 aromatic carbocycles. The van der Waals surface area contributed by atoms with Gasteiger partial charge in [-0.1, -0.05) is 15.9 Å². The standard InChI is InChI=1S/C11H10BrN3O/c12-8-2-1-7(5-13)10(3-8)15-9-4-11(16)14-6-9/h1-3,9,15H,4,6H2,(H,14,16). The molecule has 1 saturated heterocycles. The van der Waals surface area contributed by atoms with E-state index in [-0.39, 0.29) is 11.9 Å². The Labute approximate surface area is 102 Å². The zero-order valence-corrected chi connectivity index (χ0v) is 10.0. The van der Waals surface area contributed by atoms with Gasteiger partial charge in [0, 0.05) is 17.4 Å². The van der Waals surface area contributed by atoms with Crippen LogP contribution in [0.4, 0.5) is 5.69 Å². The monoisotopic (exact) mass is 279 g/mol.